The molecule has 0 bridgehead atoms. The number of amides is 1. The summed E-state index contributed by atoms with van der Waals surface area (Å²) < 4.78 is 4.06. The Morgan fingerprint density at radius 2 is 2.08 bits per heavy atom. The number of benzene rings is 1. The number of nitrogens with one attached hydrogen (secondary N) is 1. The first-order valence-corrected chi connectivity index (χ1v) is 9.20. The van der Waals surface area contributed by atoms with Gasteiger partial charge in [0.25, 0.3) is 5.56 Å². The quantitative estimate of drug-likeness (QED) is 0.539. The first kappa shape index (κ1) is 18.2. The lowest BCUT2D eigenvalue weighted by Crippen LogP contribution is -2.28. The lowest BCUT2D eigenvalue weighted by molar-refractivity contribution is -0.116. The van der Waals surface area contributed by atoms with E-state index >= 15 is 0 Å². The molecule has 0 saturated carbocycles. The third kappa shape index (κ3) is 3.38. The Morgan fingerprint density at radius 1 is 1.38 bits per heavy atom. The number of allylic oxidation sites excluding steroid dienone is 1. The molecule has 3 aromatic rings. The van der Waals surface area contributed by atoms with Crippen molar-refractivity contribution in [1.29, 1.82) is 0 Å². The number of aryl methyl sites for hydroxylation is 2. The van der Waals surface area contributed by atoms with E-state index in [1.807, 2.05) is 32.0 Å². The summed E-state index contributed by atoms with van der Waals surface area (Å²) >= 11 is 6.49. The van der Waals surface area contributed by atoms with Gasteiger partial charge in [0.1, 0.15) is 17.6 Å². The van der Waals surface area contributed by atoms with Crippen LogP contribution >= 0.6 is 23.6 Å². The van der Waals surface area contributed by atoms with Crippen LogP contribution in [0.15, 0.2) is 42.0 Å². The summed E-state index contributed by atoms with van der Waals surface area (Å²) in [5.41, 5.74) is 2.96. The summed E-state index contributed by atoms with van der Waals surface area (Å²) in [6, 6.07) is 5.79. The van der Waals surface area contributed by atoms with Crippen LogP contribution in [0.2, 0.25) is 0 Å². The van der Waals surface area contributed by atoms with E-state index < -0.39 is 0 Å². The van der Waals surface area contributed by atoms with Crippen LogP contribution in [0.4, 0.5) is 5.69 Å². The van der Waals surface area contributed by atoms with Crippen LogP contribution < -0.4 is 10.9 Å². The largest absolute Gasteiger partial charge is 0.324 e. The second kappa shape index (κ2) is 7.35. The molecule has 0 saturated heterocycles. The minimum atomic E-state index is -0.278. The second-order valence-electron chi connectivity index (χ2n) is 5.91. The third-order valence-corrected chi connectivity index (χ3v) is 5.44. The Morgan fingerprint density at radius 3 is 2.73 bits per heavy atom. The zero-order valence-electron chi connectivity index (χ0n) is 14.5. The van der Waals surface area contributed by atoms with Crippen molar-refractivity contribution in [1.82, 2.24) is 14.1 Å². The van der Waals surface area contributed by atoms with Crippen LogP contribution in [0.1, 0.15) is 11.1 Å². The maximum Gasteiger partial charge on any atom is 0.273 e. The van der Waals surface area contributed by atoms with Crippen LogP contribution in [-0.2, 0) is 17.9 Å². The smallest absolute Gasteiger partial charge is 0.273 e. The fourth-order valence-corrected chi connectivity index (χ4v) is 4.04. The minimum absolute atomic E-state index is 0.109. The third-order valence-electron chi connectivity index (χ3n) is 4.01. The molecule has 0 atom stereocenters. The summed E-state index contributed by atoms with van der Waals surface area (Å²) in [7, 11) is 0. The van der Waals surface area contributed by atoms with Crippen LogP contribution in [0.25, 0.3) is 10.3 Å². The molecule has 8 heteroatoms. The van der Waals surface area contributed by atoms with E-state index in [0.717, 1.165) is 16.8 Å². The molecule has 2 aromatic heterocycles. The van der Waals surface area contributed by atoms with Crippen molar-refractivity contribution in [3.05, 3.63) is 62.6 Å². The molecule has 1 aromatic carbocycles. The van der Waals surface area contributed by atoms with Gasteiger partial charge in [-0.25, -0.2) is 4.98 Å². The summed E-state index contributed by atoms with van der Waals surface area (Å²) in [6.45, 7) is 7.93. The summed E-state index contributed by atoms with van der Waals surface area (Å²) in [4.78, 5) is 29.4. The maximum atomic E-state index is 12.7. The van der Waals surface area contributed by atoms with E-state index in [4.69, 9.17) is 12.2 Å². The number of carbonyl (C=O) groups excluding carboxylic acids is 1. The molecule has 134 valence electrons. The van der Waals surface area contributed by atoms with Gasteiger partial charge in [0.05, 0.1) is 0 Å². The summed E-state index contributed by atoms with van der Waals surface area (Å²) in [5.74, 6) is -0.278. The number of rotatable bonds is 5. The van der Waals surface area contributed by atoms with E-state index in [1.54, 1.807) is 10.6 Å². The highest BCUT2D eigenvalue weighted by atomic mass is 32.1. The molecular formula is C18H18N4O2S2. The number of aromatic nitrogens is 3. The number of hydrogen-bond donors (Lipinski definition) is 1. The molecule has 0 aliphatic carbocycles. The average molecular weight is 387 g/mol. The Labute approximate surface area is 159 Å². The first-order chi connectivity index (χ1) is 12.4. The number of fused-ring (bicyclic) bond motifs is 1. The standard InChI is InChI=1S/C18H18N4O2S2/c1-4-8-22-16-15(26-18(22)25)17(24)21(10-19-16)9-13(23)20-14-11(2)6-5-7-12(14)3/h4-7,10H,1,8-9H2,2-3H3,(H,20,23). The molecule has 2 heterocycles. The average Bonchev–Trinajstić information content (AvgIpc) is 2.91. The van der Waals surface area contributed by atoms with Gasteiger partial charge in [0, 0.05) is 12.2 Å². The lowest BCUT2D eigenvalue weighted by Gasteiger charge is -2.12. The van der Waals surface area contributed by atoms with Crippen molar-refractivity contribution < 1.29 is 4.79 Å². The van der Waals surface area contributed by atoms with Crippen molar-refractivity contribution in [2.24, 2.45) is 0 Å². The zero-order chi connectivity index (χ0) is 18.8. The molecule has 1 N–H and O–H groups in total. The van der Waals surface area contributed by atoms with Crippen molar-refractivity contribution in [3.63, 3.8) is 0 Å². The van der Waals surface area contributed by atoms with Gasteiger partial charge in [0.2, 0.25) is 5.91 Å². The fraction of sp³-hybridized carbons (Fsp3) is 0.222. The molecule has 1 amide bonds. The van der Waals surface area contributed by atoms with Gasteiger partial charge in [-0.3, -0.25) is 14.2 Å². The van der Waals surface area contributed by atoms with Crippen LogP contribution in [-0.4, -0.2) is 20.0 Å². The van der Waals surface area contributed by atoms with Crippen LogP contribution in [0.5, 0.6) is 0 Å². The summed E-state index contributed by atoms with van der Waals surface area (Å²) in [5, 5.41) is 2.88. The van der Waals surface area contributed by atoms with Gasteiger partial charge in [-0.15, -0.1) is 6.58 Å². The first-order valence-electron chi connectivity index (χ1n) is 7.98. The van der Waals surface area contributed by atoms with Crippen molar-refractivity contribution in [2.45, 2.75) is 26.9 Å². The van der Waals surface area contributed by atoms with E-state index in [1.165, 1.54) is 22.2 Å². The van der Waals surface area contributed by atoms with Gasteiger partial charge in [-0.05, 0) is 37.2 Å². The van der Waals surface area contributed by atoms with E-state index in [0.29, 0.717) is 20.8 Å². The monoisotopic (exact) mass is 386 g/mol. The number of nitrogens with zero attached hydrogens (tertiary/aromatic N) is 3. The Balaban J connectivity index is 1.91. The number of thiazole rings is 1. The Bertz CT molecular complexity index is 1100. The molecule has 0 radical (unpaired) electrons. The van der Waals surface area contributed by atoms with Gasteiger partial charge < -0.3 is 9.88 Å². The normalized spacial score (nSPS) is 10.8. The predicted molar refractivity (Wildman–Crippen MR) is 107 cm³/mol. The van der Waals surface area contributed by atoms with E-state index in [-0.39, 0.29) is 18.0 Å². The SMILES string of the molecule is C=CCn1c(=S)sc2c(=O)n(CC(=O)Nc3c(C)cccc3C)cnc21. The second-order valence-corrected chi connectivity index (χ2v) is 7.56. The van der Waals surface area contributed by atoms with Crippen LogP contribution in [0, 0.1) is 17.8 Å². The molecule has 26 heavy (non-hydrogen) atoms. The number of hydrogen-bond acceptors (Lipinski definition) is 5. The maximum absolute atomic E-state index is 12.7. The Hall–Kier alpha value is -2.58. The number of para-hydroxylation sites is 1. The highest BCUT2D eigenvalue weighted by Gasteiger charge is 2.14. The Kier molecular flexibility index (Phi) is 5.15. The van der Waals surface area contributed by atoms with Crippen molar-refractivity contribution >= 4 is 45.5 Å². The number of anilines is 1. The van der Waals surface area contributed by atoms with Crippen molar-refractivity contribution in [2.75, 3.05) is 5.32 Å². The van der Waals surface area contributed by atoms with Gasteiger partial charge >= 0.3 is 0 Å². The molecule has 0 fully saturated rings. The number of carbonyl (C=O) groups is 1. The molecule has 6 nitrogen and oxygen atoms in total. The van der Waals surface area contributed by atoms with E-state index in [9.17, 15) is 9.59 Å². The zero-order valence-corrected chi connectivity index (χ0v) is 16.1. The van der Waals surface area contributed by atoms with Crippen LogP contribution in [0.3, 0.4) is 0 Å². The predicted octanol–water partition coefficient (Wildman–Crippen LogP) is 3.43. The molecule has 0 aliphatic rings. The molecular weight excluding hydrogens is 368 g/mol. The minimum Gasteiger partial charge on any atom is -0.324 e. The topological polar surface area (TPSA) is 68.9 Å². The fourth-order valence-electron chi connectivity index (χ4n) is 2.72. The molecule has 0 unspecified atom stereocenters. The van der Waals surface area contributed by atoms with Gasteiger partial charge in [-0.1, -0.05) is 35.6 Å². The van der Waals surface area contributed by atoms with Gasteiger partial charge in [-0.2, -0.15) is 0 Å². The lowest BCUT2D eigenvalue weighted by atomic mass is 10.1. The van der Waals surface area contributed by atoms with Gasteiger partial charge in [0.15, 0.2) is 9.60 Å². The molecule has 0 spiro atoms. The highest BCUT2D eigenvalue weighted by Crippen LogP contribution is 2.20. The van der Waals surface area contributed by atoms with Crippen molar-refractivity contribution in [3.8, 4) is 0 Å². The van der Waals surface area contributed by atoms with E-state index in [2.05, 4.69) is 16.9 Å². The molecule has 0 aliphatic heterocycles. The summed E-state index contributed by atoms with van der Waals surface area (Å²) in [6.07, 6.45) is 3.09. The molecule has 3 rings (SSSR count). The highest BCUT2D eigenvalue weighted by molar-refractivity contribution is 7.73.